The summed E-state index contributed by atoms with van der Waals surface area (Å²) >= 11 is 1.91. The third-order valence-corrected chi connectivity index (χ3v) is 5.35. The molecule has 2 nitrogen and oxygen atoms in total. The molecule has 0 bridgehead atoms. The van der Waals surface area contributed by atoms with E-state index >= 15 is 0 Å². The zero-order valence-corrected chi connectivity index (χ0v) is 12.9. The highest BCUT2D eigenvalue weighted by atomic mass is 32.1. The van der Waals surface area contributed by atoms with Gasteiger partial charge >= 0.3 is 0 Å². The standard InChI is InChI=1S/C15H26N2S/c1-11-5-6-15(18-11)13(3)16-12(2)14-7-9-17(4)10-8-14/h5-6,12-14,16H,7-10H2,1-4H3. The molecule has 1 aliphatic heterocycles. The van der Waals surface area contributed by atoms with Crippen LogP contribution in [0.4, 0.5) is 0 Å². The van der Waals surface area contributed by atoms with E-state index in [2.05, 4.69) is 50.2 Å². The molecule has 102 valence electrons. The van der Waals surface area contributed by atoms with Gasteiger partial charge in [-0.25, -0.2) is 0 Å². The van der Waals surface area contributed by atoms with Gasteiger partial charge in [0.25, 0.3) is 0 Å². The lowest BCUT2D eigenvalue weighted by Gasteiger charge is -2.34. The van der Waals surface area contributed by atoms with Crippen LogP contribution in [-0.4, -0.2) is 31.1 Å². The largest absolute Gasteiger partial charge is 0.307 e. The van der Waals surface area contributed by atoms with Crippen molar-refractivity contribution in [2.24, 2.45) is 5.92 Å². The van der Waals surface area contributed by atoms with Crippen molar-refractivity contribution in [3.63, 3.8) is 0 Å². The molecule has 0 saturated carbocycles. The number of rotatable bonds is 4. The van der Waals surface area contributed by atoms with Gasteiger partial charge in [0.15, 0.2) is 0 Å². The summed E-state index contributed by atoms with van der Waals surface area (Å²) in [6.45, 7) is 9.33. The molecular weight excluding hydrogens is 240 g/mol. The maximum absolute atomic E-state index is 3.79. The molecule has 0 amide bonds. The topological polar surface area (TPSA) is 15.3 Å². The van der Waals surface area contributed by atoms with Gasteiger partial charge in [-0.1, -0.05) is 0 Å². The fourth-order valence-corrected chi connectivity index (χ4v) is 3.72. The first-order valence-corrected chi connectivity index (χ1v) is 7.89. The Morgan fingerprint density at radius 3 is 2.50 bits per heavy atom. The highest BCUT2D eigenvalue weighted by molar-refractivity contribution is 7.12. The lowest BCUT2D eigenvalue weighted by Crippen LogP contribution is -2.41. The van der Waals surface area contributed by atoms with Gasteiger partial charge in [0.2, 0.25) is 0 Å². The average molecular weight is 266 g/mol. The van der Waals surface area contributed by atoms with Crippen molar-refractivity contribution in [1.82, 2.24) is 10.2 Å². The minimum Gasteiger partial charge on any atom is -0.307 e. The Bertz CT molecular complexity index is 366. The summed E-state index contributed by atoms with van der Waals surface area (Å²) in [4.78, 5) is 5.31. The van der Waals surface area contributed by atoms with Crippen molar-refractivity contribution in [3.8, 4) is 0 Å². The number of piperidine rings is 1. The predicted molar refractivity (Wildman–Crippen MR) is 80.3 cm³/mol. The average Bonchev–Trinajstić information content (AvgIpc) is 2.76. The predicted octanol–water partition coefficient (Wildman–Crippen LogP) is 3.44. The molecule has 1 fully saturated rings. The van der Waals surface area contributed by atoms with Gasteiger partial charge in [-0.15, -0.1) is 11.3 Å². The van der Waals surface area contributed by atoms with Crippen molar-refractivity contribution in [2.75, 3.05) is 20.1 Å². The molecule has 2 atom stereocenters. The zero-order chi connectivity index (χ0) is 13.1. The van der Waals surface area contributed by atoms with Crippen molar-refractivity contribution in [1.29, 1.82) is 0 Å². The van der Waals surface area contributed by atoms with Gasteiger partial charge in [-0.05, 0) is 71.8 Å². The lowest BCUT2D eigenvalue weighted by molar-refractivity contribution is 0.185. The van der Waals surface area contributed by atoms with Gasteiger partial charge in [0, 0.05) is 21.8 Å². The minimum absolute atomic E-state index is 0.485. The number of nitrogens with one attached hydrogen (secondary N) is 1. The Morgan fingerprint density at radius 1 is 1.28 bits per heavy atom. The van der Waals surface area contributed by atoms with Crippen LogP contribution in [0.15, 0.2) is 12.1 Å². The fraction of sp³-hybridized carbons (Fsp3) is 0.733. The molecule has 1 N–H and O–H groups in total. The minimum atomic E-state index is 0.485. The van der Waals surface area contributed by atoms with Gasteiger partial charge in [0.1, 0.15) is 0 Å². The SMILES string of the molecule is Cc1ccc(C(C)NC(C)C2CCN(C)CC2)s1. The molecule has 2 unspecified atom stereocenters. The highest BCUT2D eigenvalue weighted by Gasteiger charge is 2.23. The number of hydrogen-bond acceptors (Lipinski definition) is 3. The third-order valence-electron chi connectivity index (χ3n) is 4.17. The highest BCUT2D eigenvalue weighted by Crippen LogP contribution is 2.25. The number of thiophene rings is 1. The number of hydrogen-bond donors (Lipinski definition) is 1. The van der Waals surface area contributed by atoms with E-state index in [-0.39, 0.29) is 0 Å². The van der Waals surface area contributed by atoms with Crippen LogP contribution in [0.25, 0.3) is 0 Å². The molecular formula is C15H26N2S. The van der Waals surface area contributed by atoms with E-state index in [4.69, 9.17) is 0 Å². The fourth-order valence-electron chi connectivity index (χ4n) is 2.83. The van der Waals surface area contributed by atoms with Crippen LogP contribution >= 0.6 is 11.3 Å². The van der Waals surface area contributed by atoms with Crippen LogP contribution in [-0.2, 0) is 0 Å². The maximum atomic E-state index is 3.79. The van der Waals surface area contributed by atoms with Crippen LogP contribution < -0.4 is 5.32 Å². The number of nitrogens with zero attached hydrogens (tertiary/aromatic N) is 1. The summed E-state index contributed by atoms with van der Waals surface area (Å²) in [6.07, 6.45) is 2.67. The normalized spacial score (nSPS) is 22.0. The first kappa shape index (κ1) is 14.0. The first-order valence-electron chi connectivity index (χ1n) is 7.07. The van der Waals surface area contributed by atoms with E-state index < -0.39 is 0 Å². The van der Waals surface area contributed by atoms with Gasteiger partial charge in [0.05, 0.1) is 0 Å². The summed E-state index contributed by atoms with van der Waals surface area (Å²) in [5.41, 5.74) is 0. The Labute approximate surface area is 115 Å². The summed E-state index contributed by atoms with van der Waals surface area (Å²) in [6, 6.07) is 5.59. The van der Waals surface area contributed by atoms with E-state index in [0.717, 1.165) is 5.92 Å². The molecule has 1 aromatic rings. The van der Waals surface area contributed by atoms with Crippen LogP contribution in [0.5, 0.6) is 0 Å². The van der Waals surface area contributed by atoms with Crippen molar-refractivity contribution in [3.05, 3.63) is 21.9 Å². The van der Waals surface area contributed by atoms with E-state index in [1.54, 1.807) is 0 Å². The Kier molecular flexibility index (Phi) is 4.82. The Hall–Kier alpha value is -0.380. The van der Waals surface area contributed by atoms with Crippen LogP contribution in [0, 0.1) is 12.8 Å². The molecule has 0 spiro atoms. The lowest BCUT2D eigenvalue weighted by atomic mass is 9.90. The number of likely N-dealkylation sites (tertiary alicyclic amines) is 1. The van der Waals surface area contributed by atoms with Crippen LogP contribution in [0.1, 0.15) is 42.5 Å². The van der Waals surface area contributed by atoms with E-state index in [1.807, 2.05) is 11.3 Å². The van der Waals surface area contributed by atoms with E-state index in [0.29, 0.717) is 12.1 Å². The van der Waals surface area contributed by atoms with Gasteiger partial charge in [-0.3, -0.25) is 0 Å². The smallest absolute Gasteiger partial charge is 0.0388 e. The molecule has 1 saturated heterocycles. The molecule has 0 radical (unpaired) electrons. The summed E-state index contributed by atoms with van der Waals surface area (Å²) in [5.74, 6) is 0.838. The third kappa shape index (κ3) is 3.56. The van der Waals surface area contributed by atoms with Crippen LogP contribution in [0.2, 0.25) is 0 Å². The van der Waals surface area contributed by atoms with Gasteiger partial charge in [-0.2, -0.15) is 0 Å². The molecule has 1 aliphatic rings. The monoisotopic (exact) mass is 266 g/mol. The molecule has 18 heavy (non-hydrogen) atoms. The molecule has 2 rings (SSSR count). The molecule has 1 aromatic heterocycles. The second-order valence-corrected chi connectivity index (χ2v) is 7.09. The molecule has 3 heteroatoms. The second-order valence-electron chi connectivity index (χ2n) is 5.77. The zero-order valence-electron chi connectivity index (χ0n) is 12.1. The summed E-state index contributed by atoms with van der Waals surface area (Å²) in [7, 11) is 2.23. The molecule has 0 aromatic carbocycles. The van der Waals surface area contributed by atoms with Crippen molar-refractivity contribution < 1.29 is 0 Å². The summed E-state index contributed by atoms with van der Waals surface area (Å²) in [5, 5.41) is 3.79. The van der Waals surface area contributed by atoms with Crippen molar-refractivity contribution >= 4 is 11.3 Å². The maximum Gasteiger partial charge on any atom is 0.0388 e. The quantitative estimate of drug-likeness (QED) is 0.898. The van der Waals surface area contributed by atoms with Crippen molar-refractivity contribution in [2.45, 2.75) is 45.7 Å². The van der Waals surface area contributed by atoms with Gasteiger partial charge < -0.3 is 10.2 Å². The number of aryl methyl sites for hydroxylation is 1. The summed E-state index contributed by atoms with van der Waals surface area (Å²) < 4.78 is 0. The molecule has 0 aliphatic carbocycles. The molecule has 2 heterocycles. The second kappa shape index (κ2) is 6.18. The Morgan fingerprint density at radius 2 is 1.94 bits per heavy atom. The Balaban J connectivity index is 1.85. The van der Waals surface area contributed by atoms with E-state index in [1.165, 1.54) is 35.7 Å². The van der Waals surface area contributed by atoms with E-state index in [9.17, 15) is 0 Å². The first-order chi connectivity index (χ1) is 8.56. The van der Waals surface area contributed by atoms with Crippen LogP contribution in [0.3, 0.4) is 0 Å².